The van der Waals surface area contributed by atoms with Gasteiger partial charge in [0.05, 0.1) is 25.8 Å². The van der Waals surface area contributed by atoms with Crippen molar-refractivity contribution in [3.8, 4) is 0 Å². The van der Waals surface area contributed by atoms with E-state index in [0.717, 1.165) is 37.2 Å². The van der Waals surface area contributed by atoms with Crippen molar-refractivity contribution in [1.82, 2.24) is 4.90 Å². The summed E-state index contributed by atoms with van der Waals surface area (Å²) in [6.07, 6.45) is 3.52. The van der Waals surface area contributed by atoms with Crippen LogP contribution in [0.1, 0.15) is 29.2 Å². The minimum Gasteiger partial charge on any atom is -0.379 e. The Hall–Kier alpha value is -1.71. The van der Waals surface area contributed by atoms with Gasteiger partial charge < -0.3 is 15.8 Å². The Labute approximate surface area is 188 Å². The zero-order valence-corrected chi connectivity index (χ0v) is 18.8. The van der Waals surface area contributed by atoms with E-state index in [9.17, 15) is 4.39 Å². The van der Waals surface area contributed by atoms with Crippen molar-refractivity contribution in [3.63, 3.8) is 0 Å². The number of fused-ring (bicyclic) bond motifs is 1. The van der Waals surface area contributed by atoms with Crippen LogP contribution in [0.3, 0.4) is 0 Å². The van der Waals surface area contributed by atoms with Crippen molar-refractivity contribution in [2.45, 2.75) is 25.3 Å². The van der Waals surface area contributed by atoms with Gasteiger partial charge in [0.1, 0.15) is 5.82 Å². The molecule has 0 saturated carbocycles. The van der Waals surface area contributed by atoms with Crippen molar-refractivity contribution < 1.29 is 9.13 Å². The summed E-state index contributed by atoms with van der Waals surface area (Å²) in [5, 5.41) is 3.22. The molecule has 0 radical (unpaired) electrons. The molecule has 7 heteroatoms. The molecule has 1 atom stereocenters. The molecular weight excluding hydrogens is 482 g/mol. The van der Waals surface area contributed by atoms with Gasteiger partial charge in [-0.2, -0.15) is 0 Å². The van der Waals surface area contributed by atoms with E-state index in [1.165, 1.54) is 29.7 Å². The fourth-order valence-electron chi connectivity index (χ4n) is 4.03. The second-order valence-corrected chi connectivity index (χ2v) is 7.40. The second-order valence-electron chi connectivity index (χ2n) is 7.40. The highest BCUT2D eigenvalue weighted by atomic mass is 127. The number of hydrogen-bond donors (Lipinski definition) is 2. The first kappa shape index (κ1) is 22.0. The van der Waals surface area contributed by atoms with Crippen LogP contribution in [0.15, 0.2) is 47.5 Å². The average molecular weight is 510 g/mol. The van der Waals surface area contributed by atoms with Gasteiger partial charge in [-0.25, -0.2) is 4.39 Å². The lowest BCUT2D eigenvalue weighted by molar-refractivity contribution is 0.0180. The number of nitrogens with zero attached hydrogens (tertiary/aromatic N) is 2. The van der Waals surface area contributed by atoms with E-state index in [4.69, 9.17) is 10.5 Å². The predicted molar refractivity (Wildman–Crippen MR) is 126 cm³/mol. The lowest BCUT2D eigenvalue weighted by Crippen LogP contribution is -2.40. The zero-order valence-electron chi connectivity index (χ0n) is 16.4. The lowest BCUT2D eigenvalue weighted by Gasteiger charge is -2.34. The zero-order chi connectivity index (χ0) is 19.3. The van der Waals surface area contributed by atoms with Gasteiger partial charge in [0.15, 0.2) is 5.96 Å². The maximum Gasteiger partial charge on any atom is 0.193 e. The number of rotatable bonds is 5. The Bertz CT molecular complexity index is 837. The van der Waals surface area contributed by atoms with Gasteiger partial charge in [0.25, 0.3) is 0 Å². The maximum atomic E-state index is 13.4. The van der Waals surface area contributed by atoms with Gasteiger partial charge in [-0.05, 0) is 60.2 Å². The maximum absolute atomic E-state index is 13.4. The molecule has 0 spiro atoms. The Kier molecular flexibility index (Phi) is 7.85. The Morgan fingerprint density at radius 2 is 1.83 bits per heavy atom. The highest BCUT2D eigenvalue weighted by molar-refractivity contribution is 14.0. The molecule has 0 bridgehead atoms. The van der Waals surface area contributed by atoms with Crippen LogP contribution in [0.25, 0.3) is 0 Å². The molecule has 0 amide bonds. The number of hydrogen-bond acceptors (Lipinski definition) is 3. The molecule has 29 heavy (non-hydrogen) atoms. The van der Waals surface area contributed by atoms with Gasteiger partial charge in [0.2, 0.25) is 0 Å². The molecule has 0 aromatic heterocycles. The third kappa shape index (κ3) is 5.67. The summed E-state index contributed by atoms with van der Waals surface area (Å²) >= 11 is 0. The van der Waals surface area contributed by atoms with E-state index in [1.807, 2.05) is 12.1 Å². The fourth-order valence-corrected chi connectivity index (χ4v) is 4.03. The Morgan fingerprint density at radius 1 is 1.10 bits per heavy atom. The summed E-state index contributed by atoms with van der Waals surface area (Å²) < 4.78 is 18.8. The third-order valence-corrected chi connectivity index (χ3v) is 5.55. The summed E-state index contributed by atoms with van der Waals surface area (Å²) in [6.45, 7) is 3.56. The smallest absolute Gasteiger partial charge is 0.193 e. The molecule has 1 fully saturated rings. The molecule has 4 rings (SSSR count). The number of benzene rings is 2. The highest BCUT2D eigenvalue weighted by Gasteiger charge is 2.22. The number of morpholine rings is 1. The van der Waals surface area contributed by atoms with Gasteiger partial charge >= 0.3 is 0 Å². The minimum absolute atomic E-state index is 0. The summed E-state index contributed by atoms with van der Waals surface area (Å²) in [5.74, 6) is 0.170. The topological polar surface area (TPSA) is 62.9 Å². The standard InChI is InChI=1S/C22H27FN4O.HI/c23-19-7-4-17(5-8-19)21(27-10-12-28-13-11-27)15-25-22(24)26-20-9-6-16-2-1-3-18(16)14-20;/h4-9,14,21H,1-3,10-13,15H2,(H3,24,25,26);1H. The Balaban J connectivity index is 0.00000240. The SMILES string of the molecule is I.NC(=NCC(c1ccc(F)cc1)N1CCOCC1)Nc1ccc2c(c1)CCC2. The van der Waals surface area contributed by atoms with Crippen LogP contribution < -0.4 is 11.1 Å². The van der Waals surface area contributed by atoms with Crippen molar-refractivity contribution in [1.29, 1.82) is 0 Å². The van der Waals surface area contributed by atoms with Crippen LogP contribution in [0.5, 0.6) is 0 Å². The minimum atomic E-state index is -0.231. The number of anilines is 1. The van der Waals surface area contributed by atoms with Crippen LogP contribution in [0.4, 0.5) is 10.1 Å². The van der Waals surface area contributed by atoms with Crippen molar-refractivity contribution >= 4 is 35.6 Å². The molecule has 1 heterocycles. The quantitative estimate of drug-likeness (QED) is 0.366. The third-order valence-electron chi connectivity index (χ3n) is 5.55. The molecule has 1 unspecified atom stereocenters. The van der Waals surface area contributed by atoms with Gasteiger partial charge in [-0.1, -0.05) is 18.2 Å². The molecule has 2 aromatic rings. The first-order chi connectivity index (χ1) is 13.7. The van der Waals surface area contributed by atoms with Crippen LogP contribution in [0, 0.1) is 5.82 Å². The molecule has 1 saturated heterocycles. The number of ether oxygens (including phenoxy) is 1. The Morgan fingerprint density at radius 3 is 2.59 bits per heavy atom. The summed E-state index contributed by atoms with van der Waals surface area (Å²) in [7, 11) is 0. The van der Waals surface area contributed by atoms with Gasteiger partial charge in [0, 0.05) is 18.8 Å². The van der Waals surface area contributed by atoms with Crippen LogP contribution in [-0.2, 0) is 17.6 Å². The van der Waals surface area contributed by atoms with E-state index < -0.39 is 0 Å². The first-order valence-corrected chi connectivity index (χ1v) is 9.95. The second kappa shape index (κ2) is 10.4. The van der Waals surface area contributed by atoms with Gasteiger partial charge in [-0.3, -0.25) is 9.89 Å². The number of aliphatic imine (C=N–C) groups is 1. The monoisotopic (exact) mass is 510 g/mol. The van der Waals surface area contributed by atoms with Crippen LogP contribution >= 0.6 is 24.0 Å². The van der Waals surface area contributed by atoms with E-state index in [0.29, 0.717) is 25.7 Å². The van der Waals surface area contributed by atoms with E-state index >= 15 is 0 Å². The fraction of sp³-hybridized carbons (Fsp3) is 0.409. The first-order valence-electron chi connectivity index (χ1n) is 9.95. The van der Waals surface area contributed by atoms with Crippen molar-refractivity contribution in [2.24, 2.45) is 10.7 Å². The van der Waals surface area contributed by atoms with E-state index in [-0.39, 0.29) is 35.8 Å². The van der Waals surface area contributed by atoms with E-state index in [1.54, 1.807) is 0 Å². The summed E-state index contributed by atoms with van der Waals surface area (Å²) in [6, 6.07) is 13.1. The molecule has 5 nitrogen and oxygen atoms in total. The molecule has 3 N–H and O–H groups in total. The molecule has 2 aliphatic rings. The van der Waals surface area contributed by atoms with Crippen molar-refractivity contribution in [2.75, 3.05) is 38.2 Å². The molecule has 1 aliphatic heterocycles. The van der Waals surface area contributed by atoms with Crippen LogP contribution in [0.2, 0.25) is 0 Å². The highest BCUT2D eigenvalue weighted by Crippen LogP contribution is 2.25. The van der Waals surface area contributed by atoms with Gasteiger partial charge in [-0.15, -0.1) is 24.0 Å². The largest absolute Gasteiger partial charge is 0.379 e. The summed E-state index contributed by atoms with van der Waals surface area (Å²) in [5.41, 5.74) is 11.0. The van der Waals surface area contributed by atoms with Crippen LogP contribution in [-0.4, -0.2) is 43.7 Å². The number of nitrogens with one attached hydrogen (secondary N) is 1. The lowest BCUT2D eigenvalue weighted by atomic mass is 10.0. The average Bonchev–Trinajstić information content (AvgIpc) is 3.18. The number of halogens is 2. The molecular formula is C22H28FIN4O. The summed E-state index contributed by atoms with van der Waals surface area (Å²) in [4.78, 5) is 6.92. The molecule has 2 aromatic carbocycles. The normalized spacial score (nSPS) is 18.0. The molecule has 156 valence electrons. The number of nitrogens with two attached hydrogens (primary N) is 1. The number of guanidine groups is 1. The predicted octanol–water partition coefficient (Wildman–Crippen LogP) is 3.73. The number of aryl methyl sites for hydroxylation is 2. The van der Waals surface area contributed by atoms with Crippen molar-refractivity contribution in [3.05, 3.63) is 65.0 Å². The molecule has 1 aliphatic carbocycles. The van der Waals surface area contributed by atoms with E-state index in [2.05, 4.69) is 33.4 Å².